The molecule has 0 spiro atoms. The number of likely N-dealkylation sites (tertiary alicyclic amines) is 2. The molecule has 28 heavy (non-hydrogen) atoms. The third kappa shape index (κ3) is 5.28. The van der Waals surface area contributed by atoms with Crippen LogP contribution in [0.15, 0.2) is 24.3 Å². The molecule has 0 aliphatic carbocycles. The standard InChI is InChI=1S/C23H34N2O3/c1-18-11-14-24(15-12-18)16-19-6-5-13-25(17-19)22(26)10-9-20-7-4-8-21(27-2)23(20)28-3/h4,7-10,18-19H,5-6,11-17H2,1-3H3/b10-9+/t19-/m1/s1. The lowest BCUT2D eigenvalue weighted by atomic mass is 9.94. The predicted molar refractivity (Wildman–Crippen MR) is 113 cm³/mol. The molecular formula is C23H34N2O3. The highest BCUT2D eigenvalue weighted by Crippen LogP contribution is 2.31. The van der Waals surface area contributed by atoms with Gasteiger partial charge in [-0.1, -0.05) is 19.1 Å². The first kappa shape index (κ1) is 20.7. The summed E-state index contributed by atoms with van der Waals surface area (Å²) in [4.78, 5) is 17.4. The summed E-state index contributed by atoms with van der Waals surface area (Å²) in [6.45, 7) is 7.62. The van der Waals surface area contributed by atoms with Gasteiger partial charge in [0.1, 0.15) is 0 Å². The van der Waals surface area contributed by atoms with Crippen molar-refractivity contribution in [2.45, 2.75) is 32.6 Å². The molecule has 0 radical (unpaired) electrons. The molecule has 5 heteroatoms. The van der Waals surface area contributed by atoms with Gasteiger partial charge in [0.2, 0.25) is 5.91 Å². The van der Waals surface area contributed by atoms with Crippen molar-refractivity contribution in [2.75, 3.05) is 46.9 Å². The van der Waals surface area contributed by atoms with Gasteiger partial charge in [-0.25, -0.2) is 0 Å². The molecule has 2 fully saturated rings. The van der Waals surface area contributed by atoms with Gasteiger partial charge in [-0.05, 0) is 62.8 Å². The molecule has 0 aromatic heterocycles. The number of hydrogen-bond acceptors (Lipinski definition) is 4. The van der Waals surface area contributed by atoms with Crippen LogP contribution in [0, 0.1) is 11.8 Å². The molecule has 2 heterocycles. The average molecular weight is 387 g/mol. The Morgan fingerprint density at radius 2 is 1.93 bits per heavy atom. The van der Waals surface area contributed by atoms with Crippen LogP contribution in [0.25, 0.3) is 6.08 Å². The van der Waals surface area contributed by atoms with Crippen molar-refractivity contribution < 1.29 is 14.3 Å². The van der Waals surface area contributed by atoms with Gasteiger partial charge in [0.05, 0.1) is 14.2 Å². The van der Waals surface area contributed by atoms with E-state index in [0.29, 0.717) is 17.4 Å². The first-order chi connectivity index (χ1) is 13.6. The number of para-hydroxylation sites is 1. The van der Waals surface area contributed by atoms with E-state index in [1.807, 2.05) is 29.2 Å². The number of hydrogen-bond donors (Lipinski definition) is 0. The van der Waals surface area contributed by atoms with Crippen molar-refractivity contribution in [3.63, 3.8) is 0 Å². The SMILES string of the molecule is COc1cccc(/C=C/C(=O)N2CCC[C@H](CN3CCC(C)CC3)C2)c1OC. The second-order valence-corrected chi connectivity index (χ2v) is 8.19. The minimum absolute atomic E-state index is 0.0850. The van der Waals surface area contributed by atoms with Crippen molar-refractivity contribution in [3.8, 4) is 11.5 Å². The summed E-state index contributed by atoms with van der Waals surface area (Å²) in [6, 6.07) is 5.69. The molecule has 0 unspecified atom stereocenters. The lowest BCUT2D eigenvalue weighted by Crippen LogP contribution is -2.44. The summed E-state index contributed by atoms with van der Waals surface area (Å²) in [5, 5.41) is 0. The van der Waals surface area contributed by atoms with E-state index < -0.39 is 0 Å². The Balaban J connectivity index is 1.57. The van der Waals surface area contributed by atoms with E-state index in [1.54, 1.807) is 20.3 Å². The molecule has 0 N–H and O–H groups in total. The summed E-state index contributed by atoms with van der Waals surface area (Å²) in [5.41, 5.74) is 0.853. The number of carbonyl (C=O) groups excluding carboxylic acids is 1. The van der Waals surface area contributed by atoms with E-state index in [4.69, 9.17) is 9.47 Å². The summed E-state index contributed by atoms with van der Waals surface area (Å²) < 4.78 is 10.8. The molecule has 2 aliphatic rings. The zero-order valence-corrected chi connectivity index (χ0v) is 17.5. The minimum Gasteiger partial charge on any atom is -0.493 e. The van der Waals surface area contributed by atoms with Crippen LogP contribution < -0.4 is 9.47 Å². The highest BCUT2D eigenvalue weighted by atomic mass is 16.5. The van der Waals surface area contributed by atoms with Crippen molar-refractivity contribution >= 4 is 12.0 Å². The largest absolute Gasteiger partial charge is 0.493 e. The third-order valence-electron chi connectivity index (χ3n) is 6.06. The van der Waals surface area contributed by atoms with Gasteiger partial charge in [-0.15, -0.1) is 0 Å². The Bertz CT molecular complexity index is 680. The highest BCUT2D eigenvalue weighted by molar-refractivity contribution is 5.92. The van der Waals surface area contributed by atoms with Crippen molar-refractivity contribution in [3.05, 3.63) is 29.8 Å². The van der Waals surface area contributed by atoms with Crippen LogP contribution in [0.3, 0.4) is 0 Å². The number of benzene rings is 1. The van der Waals surface area contributed by atoms with Crippen LogP contribution in [0.4, 0.5) is 0 Å². The van der Waals surface area contributed by atoms with Crippen molar-refractivity contribution in [1.82, 2.24) is 9.80 Å². The fourth-order valence-electron chi connectivity index (χ4n) is 4.33. The molecule has 0 bridgehead atoms. The number of ether oxygens (including phenoxy) is 2. The van der Waals surface area contributed by atoms with E-state index in [9.17, 15) is 4.79 Å². The fourth-order valence-corrected chi connectivity index (χ4v) is 4.33. The highest BCUT2D eigenvalue weighted by Gasteiger charge is 2.25. The first-order valence-electron chi connectivity index (χ1n) is 10.5. The Labute approximate surface area is 169 Å². The van der Waals surface area contributed by atoms with E-state index in [0.717, 1.165) is 37.5 Å². The van der Waals surface area contributed by atoms with Gasteiger partial charge in [0, 0.05) is 31.3 Å². The van der Waals surface area contributed by atoms with Gasteiger partial charge in [0.25, 0.3) is 0 Å². The Morgan fingerprint density at radius 1 is 1.14 bits per heavy atom. The average Bonchev–Trinajstić information content (AvgIpc) is 2.73. The number of carbonyl (C=O) groups is 1. The zero-order valence-electron chi connectivity index (χ0n) is 17.5. The molecule has 5 nitrogen and oxygen atoms in total. The number of amides is 1. The lowest BCUT2D eigenvalue weighted by molar-refractivity contribution is -0.127. The van der Waals surface area contributed by atoms with E-state index >= 15 is 0 Å². The number of nitrogens with zero attached hydrogens (tertiary/aromatic N) is 2. The maximum absolute atomic E-state index is 12.8. The second kappa shape index (κ2) is 9.97. The second-order valence-electron chi connectivity index (χ2n) is 8.19. The molecule has 1 atom stereocenters. The van der Waals surface area contributed by atoms with Gasteiger partial charge in [0.15, 0.2) is 11.5 Å². The van der Waals surface area contributed by atoms with E-state index in [2.05, 4.69) is 11.8 Å². The van der Waals surface area contributed by atoms with Crippen LogP contribution in [-0.2, 0) is 4.79 Å². The molecule has 3 rings (SSSR count). The van der Waals surface area contributed by atoms with Crippen LogP contribution >= 0.6 is 0 Å². The van der Waals surface area contributed by atoms with Crippen LogP contribution in [0.5, 0.6) is 11.5 Å². The van der Waals surface area contributed by atoms with Crippen LogP contribution in [0.1, 0.15) is 38.2 Å². The molecule has 0 saturated carbocycles. The minimum atomic E-state index is 0.0850. The van der Waals surface area contributed by atoms with Gasteiger partial charge in [-0.2, -0.15) is 0 Å². The Morgan fingerprint density at radius 3 is 2.64 bits per heavy atom. The molecule has 1 amide bonds. The topological polar surface area (TPSA) is 42.0 Å². The smallest absolute Gasteiger partial charge is 0.246 e. The number of rotatable bonds is 6. The molecule has 1 aromatic rings. The monoisotopic (exact) mass is 386 g/mol. The Kier molecular flexibility index (Phi) is 7.37. The van der Waals surface area contributed by atoms with Crippen molar-refractivity contribution in [1.29, 1.82) is 0 Å². The normalized spacial score (nSPS) is 21.8. The maximum Gasteiger partial charge on any atom is 0.246 e. The summed E-state index contributed by atoms with van der Waals surface area (Å²) in [6.07, 6.45) is 8.43. The molecule has 1 aromatic carbocycles. The van der Waals surface area contributed by atoms with Gasteiger partial charge in [-0.3, -0.25) is 4.79 Å². The van der Waals surface area contributed by atoms with Gasteiger partial charge >= 0.3 is 0 Å². The van der Waals surface area contributed by atoms with Crippen LogP contribution in [-0.4, -0.2) is 62.7 Å². The fraction of sp³-hybridized carbons (Fsp3) is 0.609. The quantitative estimate of drug-likeness (QED) is 0.700. The predicted octanol–water partition coefficient (Wildman–Crippen LogP) is 3.69. The molecule has 154 valence electrons. The van der Waals surface area contributed by atoms with Gasteiger partial charge < -0.3 is 19.3 Å². The first-order valence-corrected chi connectivity index (χ1v) is 10.5. The van der Waals surface area contributed by atoms with Crippen LogP contribution in [0.2, 0.25) is 0 Å². The third-order valence-corrected chi connectivity index (χ3v) is 6.06. The van der Waals surface area contributed by atoms with Crippen molar-refractivity contribution in [2.24, 2.45) is 11.8 Å². The zero-order chi connectivity index (χ0) is 19.9. The molecule has 2 saturated heterocycles. The van der Waals surface area contributed by atoms with E-state index in [-0.39, 0.29) is 5.91 Å². The summed E-state index contributed by atoms with van der Waals surface area (Å²) in [7, 11) is 3.24. The molecular weight excluding hydrogens is 352 g/mol. The number of methoxy groups -OCH3 is 2. The number of piperidine rings is 2. The molecule has 2 aliphatic heterocycles. The maximum atomic E-state index is 12.8. The summed E-state index contributed by atoms with van der Waals surface area (Å²) >= 11 is 0. The lowest BCUT2D eigenvalue weighted by Gasteiger charge is -2.37. The summed E-state index contributed by atoms with van der Waals surface area (Å²) in [5.74, 6) is 2.86. The van der Waals surface area contributed by atoms with E-state index in [1.165, 1.54) is 32.4 Å². The Hall–Kier alpha value is -2.01.